The number of hydrogen-bond acceptors (Lipinski definition) is 4. The Labute approximate surface area is 179 Å². The molecule has 2 rings (SSSR count). The van der Waals surface area contributed by atoms with Gasteiger partial charge in [-0.3, -0.25) is 0 Å². The predicted molar refractivity (Wildman–Crippen MR) is 112 cm³/mol. The molecule has 2 N–H and O–H groups in total. The highest BCUT2D eigenvalue weighted by Gasteiger charge is 2.29. The molecule has 168 valence electrons. The minimum absolute atomic E-state index is 0.0562. The van der Waals surface area contributed by atoms with Crippen molar-refractivity contribution in [3.8, 4) is 11.5 Å². The van der Waals surface area contributed by atoms with E-state index in [2.05, 4.69) is 0 Å². The van der Waals surface area contributed by atoms with Gasteiger partial charge < -0.3 is 14.4 Å². The van der Waals surface area contributed by atoms with Crippen LogP contribution < -0.4 is 4.74 Å². The molecule has 3 nitrogen and oxygen atoms in total. The van der Waals surface area contributed by atoms with E-state index in [-0.39, 0.29) is 23.5 Å². The summed E-state index contributed by atoms with van der Waals surface area (Å²) in [5.41, 5.74) is 2.41. The van der Waals surface area contributed by atoms with Gasteiger partial charge in [0.2, 0.25) is 17.4 Å². The maximum atomic E-state index is 14.4. The second-order valence-corrected chi connectivity index (χ2v) is 8.19. The van der Waals surface area contributed by atoms with Crippen LogP contribution in [0.3, 0.4) is 0 Å². The van der Waals surface area contributed by atoms with Crippen molar-refractivity contribution in [3.05, 3.63) is 52.1 Å². The van der Waals surface area contributed by atoms with Gasteiger partial charge in [-0.15, -0.1) is 0 Å². The molecule has 0 atom stereocenters. The molecule has 0 saturated heterocycles. The first-order valence-corrected chi connectivity index (χ1v) is 10.3. The van der Waals surface area contributed by atoms with Crippen molar-refractivity contribution in [3.63, 3.8) is 0 Å². The molecule has 2 aromatic carbocycles. The fraction of sp³-hybridized carbons (Fsp3) is 0.455. The quantitative estimate of drug-likeness (QED) is 0.272. The van der Waals surface area contributed by atoms with E-state index in [4.69, 9.17) is 14.4 Å². The van der Waals surface area contributed by atoms with Gasteiger partial charge in [0.15, 0.2) is 11.6 Å². The Kier molecular flexibility index (Phi) is 9.65. The number of aliphatic hydroxyl groups is 1. The maximum Gasteiger partial charge on any atom is 0.205 e. The standard InChI is InChI=1S/C21H24F4O2S.CH4O/c1-9(2)12-7-13(10(3)4)19(14(8-12)11(5)6)27-20-15(22)17(24)21(28-26)18(25)16(20)23;1-2/h7-11,26H,1-6H3;2H,1H3. The van der Waals surface area contributed by atoms with Crippen molar-refractivity contribution in [2.24, 2.45) is 0 Å². The molecule has 0 amide bonds. The summed E-state index contributed by atoms with van der Waals surface area (Å²) in [6.07, 6.45) is 0. The Bertz CT molecular complexity index is 825. The van der Waals surface area contributed by atoms with Crippen LogP contribution >= 0.6 is 12.0 Å². The van der Waals surface area contributed by atoms with Crippen LogP contribution in [-0.2, 0) is 0 Å². The molecule has 0 saturated carbocycles. The van der Waals surface area contributed by atoms with Crippen LogP contribution in [0.5, 0.6) is 11.5 Å². The molecule has 0 spiro atoms. The Balaban J connectivity index is 0.00000218. The van der Waals surface area contributed by atoms with Gasteiger partial charge in [-0.05, 0) is 34.4 Å². The average Bonchev–Trinajstić information content (AvgIpc) is 2.70. The van der Waals surface area contributed by atoms with Crippen LogP contribution in [0.1, 0.15) is 76.0 Å². The van der Waals surface area contributed by atoms with Gasteiger partial charge in [0.25, 0.3) is 0 Å². The molecule has 0 aliphatic heterocycles. The van der Waals surface area contributed by atoms with E-state index in [0.29, 0.717) is 11.1 Å². The molecular weight excluding hydrogens is 420 g/mol. The SMILES string of the molecule is CC(C)c1cc(C(C)C)c(Oc2c(F)c(F)c(SO)c(F)c2F)c(C(C)C)c1.CO. The Morgan fingerprint density at radius 3 is 1.40 bits per heavy atom. The summed E-state index contributed by atoms with van der Waals surface area (Å²) in [4.78, 5) is -1.15. The van der Waals surface area contributed by atoms with Crippen LogP contribution in [0.4, 0.5) is 17.6 Å². The van der Waals surface area contributed by atoms with Crippen LogP contribution in [0, 0.1) is 23.3 Å². The topological polar surface area (TPSA) is 49.7 Å². The Morgan fingerprint density at radius 2 is 1.10 bits per heavy atom. The van der Waals surface area contributed by atoms with Crippen molar-refractivity contribution in [1.82, 2.24) is 0 Å². The van der Waals surface area contributed by atoms with Crippen molar-refractivity contribution < 1.29 is 32.0 Å². The molecule has 0 bridgehead atoms. The molecule has 30 heavy (non-hydrogen) atoms. The van der Waals surface area contributed by atoms with Gasteiger partial charge in [0.05, 0.1) is 0 Å². The van der Waals surface area contributed by atoms with Gasteiger partial charge in [-0.25, -0.2) is 8.78 Å². The number of rotatable bonds is 6. The molecule has 0 aromatic heterocycles. The van der Waals surface area contributed by atoms with Crippen LogP contribution in [-0.4, -0.2) is 16.8 Å². The summed E-state index contributed by atoms with van der Waals surface area (Å²) in [7, 11) is 1.00. The van der Waals surface area contributed by atoms with E-state index in [1.165, 1.54) is 0 Å². The van der Waals surface area contributed by atoms with E-state index in [0.717, 1.165) is 12.7 Å². The highest BCUT2D eigenvalue weighted by atomic mass is 32.2. The summed E-state index contributed by atoms with van der Waals surface area (Å²) in [5, 5.41) is 7.00. The average molecular weight is 449 g/mol. The molecular formula is C22H28F4O3S. The lowest BCUT2D eigenvalue weighted by Gasteiger charge is -2.23. The van der Waals surface area contributed by atoms with Crippen LogP contribution in [0.25, 0.3) is 0 Å². The van der Waals surface area contributed by atoms with Crippen LogP contribution in [0.2, 0.25) is 0 Å². The van der Waals surface area contributed by atoms with E-state index in [9.17, 15) is 17.6 Å². The summed E-state index contributed by atoms with van der Waals surface area (Å²) in [5.74, 6) is -7.63. The molecule has 0 radical (unpaired) electrons. The van der Waals surface area contributed by atoms with E-state index >= 15 is 0 Å². The van der Waals surface area contributed by atoms with Crippen molar-refractivity contribution in [1.29, 1.82) is 0 Å². The number of hydrogen-bond donors (Lipinski definition) is 2. The van der Waals surface area contributed by atoms with Crippen molar-refractivity contribution in [2.45, 2.75) is 64.2 Å². The molecule has 0 aliphatic rings. The van der Waals surface area contributed by atoms with Gasteiger partial charge in [0.1, 0.15) is 10.6 Å². The zero-order valence-electron chi connectivity index (χ0n) is 18.1. The Morgan fingerprint density at radius 1 is 0.700 bits per heavy atom. The van der Waals surface area contributed by atoms with E-state index in [1.807, 2.05) is 53.7 Å². The minimum Gasteiger partial charge on any atom is -0.450 e. The molecule has 0 fully saturated rings. The largest absolute Gasteiger partial charge is 0.450 e. The first-order valence-electron chi connectivity index (χ1n) is 9.48. The minimum atomic E-state index is -1.70. The second kappa shape index (κ2) is 11.0. The van der Waals surface area contributed by atoms with E-state index < -0.39 is 46.0 Å². The highest BCUT2D eigenvalue weighted by molar-refractivity contribution is 7.93. The fourth-order valence-electron chi connectivity index (χ4n) is 2.87. The van der Waals surface area contributed by atoms with E-state index in [1.54, 1.807) is 0 Å². The second-order valence-electron chi connectivity index (χ2n) is 7.60. The summed E-state index contributed by atoms with van der Waals surface area (Å²) >= 11 is -0.399. The lowest BCUT2D eigenvalue weighted by molar-refractivity contribution is 0.347. The lowest BCUT2D eigenvalue weighted by atomic mass is 9.88. The third-order valence-electron chi connectivity index (χ3n) is 4.56. The maximum absolute atomic E-state index is 14.4. The lowest BCUT2D eigenvalue weighted by Crippen LogP contribution is -2.07. The molecule has 2 aromatic rings. The Hall–Kier alpha value is -1.77. The van der Waals surface area contributed by atoms with Gasteiger partial charge in [-0.2, -0.15) is 8.78 Å². The summed E-state index contributed by atoms with van der Waals surface area (Å²) < 4.78 is 71.3. The van der Waals surface area contributed by atoms with Gasteiger partial charge in [-0.1, -0.05) is 53.7 Å². The molecule has 8 heteroatoms. The van der Waals surface area contributed by atoms with Crippen molar-refractivity contribution in [2.75, 3.05) is 7.11 Å². The number of halogens is 4. The van der Waals surface area contributed by atoms with Gasteiger partial charge in [0, 0.05) is 19.2 Å². The number of aliphatic hydroxyl groups excluding tert-OH is 1. The molecule has 0 aliphatic carbocycles. The smallest absolute Gasteiger partial charge is 0.205 e. The zero-order chi connectivity index (χ0) is 23.3. The zero-order valence-corrected chi connectivity index (χ0v) is 18.9. The summed E-state index contributed by atoms with van der Waals surface area (Å²) in [6.45, 7) is 11.6. The predicted octanol–water partition coefficient (Wildman–Crippen LogP) is 7.58. The number of ether oxygens (including phenoxy) is 1. The third kappa shape index (κ3) is 5.28. The third-order valence-corrected chi connectivity index (χ3v) is 5.10. The van der Waals surface area contributed by atoms with Crippen molar-refractivity contribution >= 4 is 12.0 Å². The highest BCUT2D eigenvalue weighted by Crippen LogP contribution is 2.43. The molecule has 0 heterocycles. The van der Waals surface area contributed by atoms with Gasteiger partial charge >= 0.3 is 0 Å². The first kappa shape index (κ1) is 26.3. The monoisotopic (exact) mass is 448 g/mol. The van der Waals surface area contributed by atoms with Crippen LogP contribution in [0.15, 0.2) is 17.0 Å². The summed E-state index contributed by atoms with van der Waals surface area (Å²) in [6, 6.07) is 3.77. The molecule has 0 unspecified atom stereocenters. The fourth-order valence-corrected chi connectivity index (χ4v) is 3.21. The number of benzene rings is 2. The normalized spacial score (nSPS) is 11.2. The first-order chi connectivity index (χ1) is 14.0.